The fraction of sp³-hybridized carbons (Fsp3) is 0.846. The minimum absolute atomic E-state index is 0.623. The third-order valence-corrected chi connectivity index (χ3v) is 3.68. The van der Waals surface area contributed by atoms with E-state index in [1.807, 2.05) is 6.08 Å². The van der Waals surface area contributed by atoms with Crippen LogP contribution in [0.4, 0.5) is 0 Å². The van der Waals surface area contributed by atoms with Crippen molar-refractivity contribution in [2.45, 2.75) is 39.0 Å². The normalized spacial score (nSPS) is 19.3. The summed E-state index contributed by atoms with van der Waals surface area (Å²) in [6.45, 7) is 10.3. The van der Waals surface area contributed by atoms with Crippen molar-refractivity contribution in [3.05, 3.63) is 12.7 Å². The number of hydrogen-bond acceptors (Lipinski definition) is 2. The second kappa shape index (κ2) is 7.02. The van der Waals surface area contributed by atoms with Crippen LogP contribution in [0.25, 0.3) is 0 Å². The van der Waals surface area contributed by atoms with Gasteiger partial charge in [0.05, 0.1) is 0 Å². The lowest BCUT2D eigenvalue weighted by Gasteiger charge is -2.27. The van der Waals surface area contributed by atoms with Gasteiger partial charge in [-0.1, -0.05) is 25.8 Å². The van der Waals surface area contributed by atoms with Crippen LogP contribution in [0.3, 0.4) is 0 Å². The molecule has 0 aliphatic heterocycles. The molecule has 1 aliphatic carbocycles. The molecule has 2 nitrogen and oxygen atoms in total. The van der Waals surface area contributed by atoms with Crippen LogP contribution >= 0.6 is 0 Å². The summed E-state index contributed by atoms with van der Waals surface area (Å²) in [5, 5.41) is 6.89. The molecule has 0 bridgehead atoms. The summed E-state index contributed by atoms with van der Waals surface area (Å²) < 4.78 is 0. The highest BCUT2D eigenvalue weighted by atomic mass is 14.9. The van der Waals surface area contributed by atoms with Crippen LogP contribution in [0, 0.1) is 5.41 Å². The van der Waals surface area contributed by atoms with Gasteiger partial charge in [-0.25, -0.2) is 0 Å². The Bertz CT molecular complexity index is 171. The van der Waals surface area contributed by atoms with Crippen LogP contribution in [0.15, 0.2) is 12.7 Å². The van der Waals surface area contributed by atoms with Crippen LogP contribution < -0.4 is 10.6 Å². The summed E-state index contributed by atoms with van der Waals surface area (Å²) in [7, 11) is 0. The van der Waals surface area contributed by atoms with Crippen molar-refractivity contribution in [1.82, 2.24) is 10.6 Å². The van der Waals surface area contributed by atoms with Gasteiger partial charge in [-0.2, -0.15) is 0 Å². The van der Waals surface area contributed by atoms with Gasteiger partial charge in [0.25, 0.3) is 0 Å². The quantitative estimate of drug-likeness (QED) is 0.474. The van der Waals surface area contributed by atoms with Gasteiger partial charge >= 0.3 is 0 Å². The van der Waals surface area contributed by atoms with E-state index in [9.17, 15) is 0 Å². The van der Waals surface area contributed by atoms with Crippen molar-refractivity contribution in [1.29, 1.82) is 0 Å². The van der Waals surface area contributed by atoms with Gasteiger partial charge < -0.3 is 10.6 Å². The molecule has 0 amide bonds. The zero-order valence-electron chi connectivity index (χ0n) is 10.1. The van der Waals surface area contributed by atoms with Crippen molar-refractivity contribution in [3.8, 4) is 0 Å². The van der Waals surface area contributed by atoms with E-state index < -0.39 is 0 Å². The molecule has 1 aliphatic rings. The van der Waals surface area contributed by atoms with Crippen molar-refractivity contribution in [2.24, 2.45) is 5.41 Å². The molecular formula is C13H26N2. The van der Waals surface area contributed by atoms with Crippen molar-refractivity contribution < 1.29 is 0 Å². The second-order valence-electron chi connectivity index (χ2n) is 4.73. The van der Waals surface area contributed by atoms with Crippen LogP contribution in [0.2, 0.25) is 0 Å². The van der Waals surface area contributed by atoms with Gasteiger partial charge in [-0.3, -0.25) is 0 Å². The molecule has 0 radical (unpaired) electrons. The highest BCUT2D eigenvalue weighted by molar-refractivity contribution is 4.85. The molecule has 1 rings (SSSR count). The molecule has 0 aromatic heterocycles. The maximum Gasteiger partial charge on any atom is 0.0132 e. The van der Waals surface area contributed by atoms with E-state index in [4.69, 9.17) is 0 Å². The van der Waals surface area contributed by atoms with E-state index >= 15 is 0 Å². The molecule has 15 heavy (non-hydrogen) atoms. The largest absolute Gasteiger partial charge is 0.315 e. The molecule has 88 valence electrons. The minimum atomic E-state index is 0.623. The monoisotopic (exact) mass is 210 g/mol. The molecule has 1 saturated carbocycles. The Morgan fingerprint density at radius 2 is 1.87 bits per heavy atom. The van der Waals surface area contributed by atoms with Crippen LogP contribution in [0.1, 0.15) is 39.0 Å². The van der Waals surface area contributed by atoms with Gasteiger partial charge in [0.15, 0.2) is 0 Å². The fourth-order valence-electron chi connectivity index (χ4n) is 2.51. The Hall–Kier alpha value is -0.340. The summed E-state index contributed by atoms with van der Waals surface area (Å²) in [5.74, 6) is 0. The first-order chi connectivity index (χ1) is 7.33. The lowest BCUT2D eigenvalue weighted by Crippen LogP contribution is -2.35. The fourth-order valence-corrected chi connectivity index (χ4v) is 2.51. The summed E-state index contributed by atoms with van der Waals surface area (Å²) in [6, 6.07) is 0. The number of rotatable bonds is 8. The van der Waals surface area contributed by atoms with E-state index in [0.717, 1.165) is 19.6 Å². The van der Waals surface area contributed by atoms with Gasteiger partial charge in [-0.15, -0.1) is 6.58 Å². The lowest BCUT2D eigenvalue weighted by atomic mass is 9.83. The Morgan fingerprint density at radius 1 is 1.20 bits per heavy atom. The van der Waals surface area contributed by atoms with Crippen LogP contribution in [-0.4, -0.2) is 26.2 Å². The minimum Gasteiger partial charge on any atom is -0.315 e. The molecule has 0 atom stereocenters. The standard InChI is InChI=1S/C13H26N2/c1-3-9-14-10-11-15-12-13(4-2)7-5-6-8-13/h3,14-15H,1,4-12H2,2H3. The van der Waals surface area contributed by atoms with E-state index in [1.165, 1.54) is 38.6 Å². The van der Waals surface area contributed by atoms with E-state index in [2.05, 4.69) is 24.1 Å². The zero-order chi connectivity index (χ0) is 11.0. The second-order valence-corrected chi connectivity index (χ2v) is 4.73. The molecule has 2 N–H and O–H groups in total. The summed E-state index contributed by atoms with van der Waals surface area (Å²) >= 11 is 0. The molecule has 0 spiro atoms. The van der Waals surface area contributed by atoms with Gasteiger partial charge in [0, 0.05) is 26.2 Å². The molecule has 0 aromatic carbocycles. The first-order valence-corrected chi connectivity index (χ1v) is 6.35. The van der Waals surface area contributed by atoms with Crippen LogP contribution in [-0.2, 0) is 0 Å². The Labute approximate surface area is 94.5 Å². The average molecular weight is 210 g/mol. The maximum absolute atomic E-state index is 3.68. The van der Waals surface area contributed by atoms with E-state index in [0.29, 0.717) is 5.41 Å². The topological polar surface area (TPSA) is 24.1 Å². The first kappa shape index (κ1) is 12.7. The highest BCUT2D eigenvalue weighted by Gasteiger charge is 2.31. The van der Waals surface area contributed by atoms with Crippen LogP contribution in [0.5, 0.6) is 0 Å². The summed E-state index contributed by atoms with van der Waals surface area (Å²) in [6.07, 6.45) is 8.96. The smallest absolute Gasteiger partial charge is 0.0132 e. The Kier molecular flexibility index (Phi) is 5.96. The van der Waals surface area contributed by atoms with E-state index in [-0.39, 0.29) is 0 Å². The lowest BCUT2D eigenvalue weighted by molar-refractivity contribution is 0.269. The van der Waals surface area contributed by atoms with E-state index in [1.54, 1.807) is 0 Å². The third-order valence-electron chi connectivity index (χ3n) is 3.68. The molecule has 0 heterocycles. The SMILES string of the molecule is C=CCNCCNCC1(CC)CCCC1. The zero-order valence-corrected chi connectivity index (χ0v) is 10.1. The third kappa shape index (κ3) is 4.35. The van der Waals surface area contributed by atoms with Gasteiger partial charge in [0.2, 0.25) is 0 Å². The highest BCUT2D eigenvalue weighted by Crippen LogP contribution is 2.40. The molecule has 2 heteroatoms. The van der Waals surface area contributed by atoms with Crippen molar-refractivity contribution in [2.75, 3.05) is 26.2 Å². The Balaban J connectivity index is 2.04. The maximum atomic E-state index is 3.68. The number of hydrogen-bond donors (Lipinski definition) is 2. The number of nitrogens with one attached hydrogen (secondary N) is 2. The molecule has 0 aromatic rings. The summed E-state index contributed by atoms with van der Waals surface area (Å²) in [5.41, 5.74) is 0.623. The van der Waals surface area contributed by atoms with Crippen molar-refractivity contribution >= 4 is 0 Å². The predicted octanol–water partition coefficient (Wildman–Crippen LogP) is 2.32. The summed E-state index contributed by atoms with van der Waals surface area (Å²) in [4.78, 5) is 0. The first-order valence-electron chi connectivity index (χ1n) is 6.35. The Morgan fingerprint density at radius 3 is 2.47 bits per heavy atom. The van der Waals surface area contributed by atoms with Gasteiger partial charge in [-0.05, 0) is 24.7 Å². The van der Waals surface area contributed by atoms with Crippen molar-refractivity contribution in [3.63, 3.8) is 0 Å². The average Bonchev–Trinajstić information content (AvgIpc) is 2.73. The predicted molar refractivity (Wildman–Crippen MR) is 67.1 cm³/mol. The molecule has 0 saturated heterocycles. The molecule has 0 unspecified atom stereocenters. The van der Waals surface area contributed by atoms with Gasteiger partial charge in [0.1, 0.15) is 0 Å². The molecule has 1 fully saturated rings. The molecular weight excluding hydrogens is 184 g/mol.